The van der Waals surface area contributed by atoms with E-state index >= 15 is 0 Å². The highest BCUT2D eigenvalue weighted by Crippen LogP contribution is 2.37. The maximum atomic E-state index is 11.6. The molecule has 11 heteroatoms. The molecule has 4 N–H and O–H groups in total. The largest absolute Gasteiger partial charge is 0.469 e. The zero-order chi connectivity index (χ0) is 21.4. The normalized spacial score (nSPS) is 18.6. The van der Waals surface area contributed by atoms with Crippen LogP contribution in [0.1, 0.15) is 43.6 Å². The lowest BCUT2D eigenvalue weighted by Crippen LogP contribution is -2.39. The van der Waals surface area contributed by atoms with Crippen molar-refractivity contribution in [1.29, 1.82) is 0 Å². The van der Waals surface area contributed by atoms with E-state index in [1.807, 2.05) is 0 Å². The number of nitrogens with one attached hydrogen (secondary N) is 2. The standard InChI is InChI=1S/C18H24N4O7/c1-28-16(23)8-9-29-13-5-2-11(3-6-13)12-4-7-14(15(10-12)22(26)27)20-17(24)18(25)21-19/h4,7,10-11,13H,2-3,5-6,8-9,19H2,1H3,(H,20,24)(H,21,25). The minimum absolute atomic E-state index is 0.0410. The molecule has 1 saturated carbocycles. The number of nitro benzene ring substituents is 1. The minimum Gasteiger partial charge on any atom is -0.469 e. The summed E-state index contributed by atoms with van der Waals surface area (Å²) in [6.45, 7) is 0.304. The van der Waals surface area contributed by atoms with E-state index in [4.69, 9.17) is 10.6 Å². The molecule has 1 aromatic carbocycles. The zero-order valence-electron chi connectivity index (χ0n) is 16.0. The number of ether oxygens (including phenoxy) is 2. The number of carbonyl (C=O) groups excluding carboxylic acids is 3. The average Bonchev–Trinajstić information content (AvgIpc) is 2.73. The summed E-state index contributed by atoms with van der Waals surface area (Å²) in [5.41, 5.74) is 2.08. The predicted molar refractivity (Wildman–Crippen MR) is 102 cm³/mol. The molecule has 1 aromatic rings. The highest BCUT2D eigenvalue weighted by Gasteiger charge is 2.26. The van der Waals surface area contributed by atoms with Gasteiger partial charge in [0.25, 0.3) is 5.69 Å². The maximum absolute atomic E-state index is 11.6. The summed E-state index contributed by atoms with van der Waals surface area (Å²) in [5.74, 6) is 2.49. The van der Waals surface area contributed by atoms with Gasteiger partial charge in [0.05, 0.1) is 31.2 Å². The van der Waals surface area contributed by atoms with Crippen LogP contribution in [0.3, 0.4) is 0 Å². The minimum atomic E-state index is -1.10. The van der Waals surface area contributed by atoms with E-state index in [1.165, 1.54) is 19.2 Å². The van der Waals surface area contributed by atoms with E-state index in [1.54, 1.807) is 11.5 Å². The number of nitrogens with zero attached hydrogens (tertiary/aromatic N) is 1. The molecule has 2 rings (SSSR count). The molecule has 29 heavy (non-hydrogen) atoms. The van der Waals surface area contributed by atoms with Crippen molar-refractivity contribution in [3.63, 3.8) is 0 Å². The van der Waals surface area contributed by atoms with Crippen LogP contribution in [0.2, 0.25) is 0 Å². The first-order valence-corrected chi connectivity index (χ1v) is 9.14. The summed E-state index contributed by atoms with van der Waals surface area (Å²) in [6, 6.07) is 4.53. The third kappa shape index (κ3) is 6.22. The fourth-order valence-electron chi connectivity index (χ4n) is 3.28. The number of hydrogen-bond acceptors (Lipinski definition) is 8. The number of benzene rings is 1. The molecule has 0 spiro atoms. The van der Waals surface area contributed by atoms with Crippen LogP contribution in [0.5, 0.6) is 0 Å². The molecule has 0 aromatic heterocycles. The number of hydrazine groups is 1. The quantitative estimate of drug-likeness (QED) is 0.151. The fourth-order valence-corrected chi connectivity index (χ4v) is 3.28. The molecule has 0 aliphatic heterocycles. The number of hydrogen-bond donors (Lipinski definition) is 3. The van der Waals surface area contributed by atoms with Gasteiger partial charge in [0.1, 0.15) is 5.69 Å². The van der Waals surface area contributed by atoms with Gasteiger partial charge in [0, 0.05) is 6.07 Å². The molecular formula is C18H24N4O7. The van der Waals surface area contributed by atoms with Gasteiger partial charge in [-0.1, -0.05) is 6.07 Å². The highest BCUT2D eigenvalue weighted by molar-refractivity contribution is 6.39. The summed E-state index contributed by atoms with van der Waals surface area (Å²) < 4.78 is 10.3. The molecule has 1 aliphatic carbocycles. The Morgan fingerprint density at radius 1 is 1.21 bits per heavy atom. The van der Waals surface area contributed by atoms with Crippen LogP contribution in [-0.4, -0.2) is 42.5 Å². The van der Waals surface area contributed by atoms with Gasteiger partial charge in [-0.2, -0.15) is 0 Å². The van der Waals surface area contributed by atoms with Crippen molar-refractivity contribution in [2.75, 3.05) is 19.0 Å². The lowest BCUT2D eigenvalue weighted by Gasteiger charge is -2.28. The van der Waals surface area contributed by atoms with Crippen LogP contribution in [-0.2, 0) is 23.9 Å². The lowest BCUT2D eigenvalue weighted by molar-refractivity contribution is -0.384. The van der Waals surface area contributed by atoms with Crippen molar-refractivity contribution in [3.8, 4) is 0 Å². The number of methoxy groups -OCH3 is 1. The van der Waals surface area contributed by atoms with Crippen molar-refractivity contribution in [3.05, 3.63) is 33.9 Å². The van der Waals surface area contributed by atoms with Gasteiger partial charge in [-0.3, -0.25) is 29.9 Å². The van der Waals surface area contributed by atoms with E-state index in [0.29, 0.717) is 6.61 Å². The summed E-state index contributed by atoms with van der Waals surface area (Å²) >= 11 is 0. The molecule has 158 valence electrons. The van der Waals surface area contributed by atoms with Crippen molar-refractivity contribution in [2.45, 2.75) is 44.1 Å². The number of nitro groups is 1. The van der Waals surface area contributed by atoms with Gasteiger partial charge in [0.2, 0.25) is 0 Å². The van der Waals surface area contributed by atoms with E-state index in [-0.39, 0.29) is 35.8 Å². The van der Waals surface area contributed by atoms with Crippen molar-refractivity contribution in [2.24, 2.45) is 5.84 Å². The van der Waals surface area contributed by atoms with Gasteiger partial charge in [-0.05, 0) is 43.2 Å². The molecular weight excluding hydrogens is 384 g/mol. The second-order valence-electron chi connectivity index (χ2n) is 6.63. The Balaban J connectivity index is 1.98. The molecule has 0 heterocycles. The van der Waals surface area contributed by atoms with Crippen LogP contribution in [0.15, 0.2) is 18.2 Å². The molecule has 1 aliphatic rings. The first kappa shape index (κ1) is 22.2. The second kappa shape index (κ2) is 10.5. The Kier molecular flexibility index (Phi) is 8.04. The maximum Gasteiger partial charge on any atom is 0.323 e. The van der Waals surface area contributed by atoms with Gasteiger partial charge in [-0.15, -0.1) is 0 Å². The van der Waals surface area contributed by atoms with E-state index < -0.39 is 16.7 Å². The third-order valence-electron chi connectivity index (χ3n) is 4.84. The summed E-state index contributed by atoms with van der Waals surface area (Å²) in [6.07, 6.45) is 3.35. The van der Waals surface area contributed by atoms with Crippen LogP contribution >= 0.6 is 0 Å². The monoisotopic (exact) mass is 408 g/mol. The Bertz CT molecular complexity index is 775. The first-order valence-electron chi connectivity index (χ1n) is 9.14. The average molecular weight is 408 g/mol. The van der Waals surface area contributed by atoms with Gasteiger partial charge < -0.3 is 14.8 Å². The number of amides is 2. The summed E-state index contributed by atoms with van der Waals surface area (Å²) in [5, 5.41) is 13.6. The number of esters is 1. The van der Waals surface area contributed by atoms with Gasteiger partial charge in [0.15, 0.2) is 0 Å². The molecule has 0 unspecified atom stereocenters. The van der Waals surface area contributed by atoms with Gasteiger partial charge in [-0.25, -0.2) is 5.84 Å². The van der Waals surface area contributed by atoms with Crippen LogP contribution in [0, 0.1) is 10.1 Å². The fraction of sp³-hybridized carbons (Fsp3) is 0.500. The summed E-state index contributed by atoms with van der Waals surface area (Å²) in [4.78, 5) is 44.7. The molecule has 11 nitrogen and oxygen atoms in total. The Labute approximate surface area is 167 Å². The van der Waals surface area contributed by atoms with Crippen LogP contribution in [0.25, 0.3) is 0 Å². The lowest BCUT2D eigenvalue weighted by atomic mass is 9.82. The van der Waals surface area contributed by atoms with Crippen LogP contribution < -0.4 is 16.6 Å². The number of nitrogens with two attached hydrogens (primary N) is 1. The molecule has 0 atom stereocenters. The highest BCUT2D eigenvalue weighted by atomic mass is 16.6. The Hall–Kier alpha value is -3.05. The van der Waals surface area contributed by atoms with Gasteiger partial charge >= 0.3 is 17.8 Å². The van der Waals surface area contributed by atoms with E-state index in [0.717, 1.165) is 31.2 Å². The van der Waals surface area contributed by atoms with E-state index in [2.05, 4.69) is 10.1 Å². The van der Waals surface area contributed by atoms with Crippen LogP contribution in [0.4, 0.5) is 11.4 Å². The molecule has 0 saturated heterocycles. The second-order valence-corrected chi connectivity index (χ2v) is 6.63. The first-order chi connectivity index (χ1) is 13.8. The number of rotatable bonds is 7. The smallest absolute Gasteiger partial charge is 0.323 e. The number of carbonyl (C=O) groups is 3. The number of anilines is 1. The molecule has 2 amide bonds. The zero-order valence-corrected chi connectivity index (χ0v) is 16.0. The topological polar surface area (TPSA) is 163 Å². The van der Waals surface area contributed by atoms with Crippen molar-refractivity contribution in [1.82, 2.24) is 5.43 Å². The van der Waals surface area contributed by atoms with Crippen molar-refractivity contribution >= 4 is 29.2 Å². The Morgan fingerprint density at radius 2 is 1.90 bits per heavy atom. The Morgan fingerprint density at radius 3 is 2.48 bits per heavy atom. The SMILES string of the molecule is COC(=O)CCOC1CCC(c2ccc(NC(=O)C(=O)NN)c([N+](=O)[O-])c2)CC1. The third-order valence-corrected chi connectivity index (χ3v) is 4.84. The predicted octanol–water partition coefficient (Wildman–Crippen LogP) is 1.13. The van der Waals surface area contributed by atoms with Crippen molar-refractivity contribution < 1.29 is 28.8 Å². The summed E-state index contributed by atoms with van der Waals surface area (Å²) in [7, 11) is 1.33. The molecule has 0 bridgehead atoms. The molecule has 1 fully saturated rings. The molecule has 0 radical (unpaired) electrons. The van der Waals surface area contributed by atoms with E-state index in [9.17, 15) is 24.5 Å².